The van der Waals surface area contributed by atoms with Crippen LogP contribution < -0.4 is 4.74 Å². The molecule has 0 saturated carbocycles. The van der Waals surface area contributed by atoms with Gasteiger partial charge in [-0.2, -0.15) is 0 Å². The van der Waals surface area contributed by atoms with E-state index in [1.54, 1.807) is 0 Å². The Morgan fingerprint density at radius 3 is 2.46 bits per heavy atom. The number of rotatable bonds is 4. The van der Waals surface area contributed by atoms with Crippen LogP contribution in [0.25, 0.3) is 0 Å². The Labute approximate surface area is 84.3 Å². The fourth-order valence-electron chi connectivity index (χ4n) is 0.985. The summed E-state index contributed by atoms with van der Waals surface area (Å²) in [5.41, 5.74) is 0. The summed E-state index contributed by atoms with van der Waals surface area (Å²) in [5.74, 6) is 0.804. The summed E-state index contributed by atoms with van der Waals surface area (Å²) in [6.45, 7) is 4.47. The van der Waals surface area contributed by atoms with Crippen molar-refractivity contribution in [2.45, 2.75) is 25.0 Å². The minimum absolute atomic E-state index is 0.198. The topological polar surface area (TPSA) is 18.5 Å². The van der Waals surface area contributed by atoms with Gasteiger partial charge >= 0.3 is 0 Å². The van der Waals surface area contributed by atoms with Crippen LogP contribution in [-0.2, 0) is 4.74 Å². The Bertz CT molecular complexity index is 246. The molecule has 0 fully saturated rings. The molecule has 0 aliphatic heterocycles. The lowest BCUT2D eigenvalue weighted by atomic mass is 10.3. The average Bonchev–Trinajstić information content (AvgIpc) is 2.09. The maximum Gasteiger partial charge on any atom is 0.196 e. The number of hydrogen-bond donors (Lipinski definition) is 1. The molecule has 1 aromatic rings. The quantitative estimate of drug-likeness (QED) is 0.592. The highest BCUT2D eigenvalue weighted by atomic mass is 32.1. The van der Waals surface area contributed by atoms with E-state index in [1.165, 1.54) is 0 Å². The molecule has 0 aromatic heterocycles. The normalized spacial score (nSPS) is 12.5. The van der Waals surface area contributed by atoms with Crippen molar-refractivity contribution in [2.75, 3.05) is 6.61 Å². The predicted octanol–water partition coefficient (Wildman–Crippen LogP) is 2.74. The van der Waals surface area contributed by atoms with Crippen LogP contribution >= 0.6 is 12.6 Å². The molecule has 0 saturated heterocycles. The minimum atomic E-state index is -0.198. The van der Waals surface area contributed by atoms with E-state index in [1.807, 2.05) is 38.1 Å². The zero-order valence-corrected chi connectivity index (χ0v) is 8.75. The van der Waals surface area contributed by atoms with Gasteiger partial charge in [0.1, 0.15) is 5.75 Å². The van der Waals surface area contributed by atoms with Gasteiger partial charge in [-0.05, 0) is 38.1 Å². The highest BCUT2D eigenvalue weighted by Crippen LogP contribution is 2.15. The van der Waals surface area contributed by atoms with Gasteiger partial charge in [-0.25, -0.2) is 0 Å². The summed E-state index contributed by atoms with van der Waals surface area (Å²) in [6.07, 6.45) is -0.198. The van der Waals surface area contributed by atoms with Gasteiger partial charge < -0.3 is 9.47 Å². The van der Waals surface area contributed by atoms with E-state index >= 15 is 0 Å². The molecule has 3 heteroatoms. The summed E-state index contributed by atoms with van der Waals surface area (Å²) in [7, 11) is 0. The fraction of sp³-hybridized carbons (Fsp3) is 0.400. The maximum atomic E-state index is 5.45. The number of thiol groups is 1. The van der Waals surface area contributed by atoms with E-state index in [2.05, 4.69) is 12.6 Å². The first-order chi connectivity index (χ1) is 6.22. The average molecular weight is 198 g/mol. The molecule has 2 nitrogen and oxygen atoms in total. The molecule has 13 heavy (non-hydrogen) atoms. The van der Waals surface area contributed by atoms with E-state index in [9.17, 15) is 0 Å². The lowest BCUT2D eigenvalue weighted by molar-refractivity contribution is -0.0613. The van der Waals surface area contributed by atoms with E-state index in [0.29, 0.717) is 6.61 Å². The zero-order chi connectivity index (χ0) is 9.68. The molecule has 1 aromatic carbocycles. The van der Waals surface area contributed by atoms with Gasteiger partial charge in [-0.3, -0.25) is 0 Å². The van der Waals surface area contributed by atoms with E-state index in [-0.39, 0.29) is 6.29 Å². The largest absolute Gasteiger partial charge is 0.465 e. The van der Waals surface area contributed by atoms with Crippen molar-refractivity contribution in [2.24, 2.45) is 0 Å². The highest BCUT2D eigenvalue weighted by molar-refractivity contribution is 7.80. The van der Waals surface area contributed by atoms with Crippen molar-refractivity contribution >= 4 is 12.6 Å². The Balaban J connectivity index is 2.49. The number of benzene rings is 1. The van der Waals surface area contributed by atoms with Gasteiger partial charge in [-0.15, -0.1) is 12.6 Å². The summed E-state index contributed by atoms with van der Waals surface area (Å²) in [5, 5.41) is 0. The molecule has 0 aliphatic rings. The Kier molecular flexibility index (Phi) is 4.12. The second-order valence-corrected chi connectivity index (χ2v) is 3.15. The van der Waals surface area contributed by atoms with E-state index in [0.717, 1.165) is 10.6 Å². The second kappa shape index (κ2) is 5.14. The van der Waals surface area contributed by atoms with Crippen molar-refractivity contribution in [1.82, 2.24) is 0 Å². The molecular weight excluding hydrogens is 184 g/mol. The zero-order valence-electron chi connectivity index (χ0n) is 7.86. The predicted molar refractivity (Wildman–Crippen MR) is 55.4 cm³/mol. The van der Waals surface area contributed by atoms with Gasteiger partial charge in [0.25, 0.3) is 0 Å². The van der Waals surface area contributed by atoms with Crippen LogP contribution in [0.15, 0.2) is 29.2 Å². The smallest absolute Gasteiger partial charge is 0.196 e. The Hall–Kier alpha value is -0.670. The molecular formula is C10H14O2S. The van der Waals surface area contributed by atoms with Crippen LogP contribution in [0.4, 0.5) is 0 Å². The van der Waals surface area contributed by atoms with Crippen LogP contribution in [0, 0.1) is 0 Å². The number of hydrogen-bond acceptors (Lipinski definition) is 3. The first kappa shape index (κ1) is 10.4. The van der Waals surface area contributed by atoms with Crippen LogP contribution in [0.2, 0.25) is 0 Å². The molecule has 1 atom stereocenters. The van der Waals surface area contributed by atoms with Crippen molar-refractivity contribution < 1.29 is 9.47 Å². The Morgan fingerprint density at radius 1 is 1.31 bits per heavy atom. The van der Waals surface area contributed by atoms with Crippen molar-refractivity contribution in [3.8, 4) is 5.75 Å². The van der Waals surface area contributed by atoms with Gasteiger partial charge in [0, 0.05) is 11.5 Å². The van der Waals surface area contributed by atoms with Crippen molar-refractivity contribution in [1.29, 1.82) is 0 Å². The molecule has 1 rings (SSSR count). The summed E-state index contributed by atoms with van der Waals surface area (Å²) in [4.78, 5) is 0.927. The summed E-state index contributed by atoms with van der Waals surface area (Å²) < 4.78 is 10.7. The van der Waals surface area contributed by atoms with E-state index in [4.69, 9.17) is 9.47 Å². The lowest BCUT2D eigenvalue weighted by Crippen LogP contribution is -2.15. The van der Waals surface area contributed by atoms with Crippen LogP contribution in [-0.4, -0.2) is 12.9 Å². The molecule has 0 N–H and O–H groups in total. The molecule has 1 unspecified atom stereocenters. The van der Waals surface area contributed by atoms with Gasteiger partial charge in [-0.1, -0.05) is 0 Å². The molecule has 0 aliphatic carbocycles. The standard InChI is InChI=1S/C10H14O2S/c1-3-11-8(2)12-9-4-6-10(13)7-5-9/h4-8,13H,3H2,1-2H3. The third-order valence-electron chi connectivity index (χ3n) is 1.54. The summed E-state index contributed by atoms with van der Waals surface area (Å²) >= 11 is 4.18. The molecule has 0 spiro atoms. The Morgan fingerprint density at radius 2 is 1.92 bits per heavy atom. The summed E-state index contributed by atoms with van der Waals surface area (Å²) in [6, 6.07) is 7.52. The highest BCUT2D eigenvalue weighted by Gasteiger charge is 2.01. The van der Waals surface area contributed by atoms with Crippen LogP contribution in [0.5, 0.6) is 5.75 Å². The monoisotopic (exact) mass is 198 g/mol. The molecule has 0 bridgehead atoms. The van der Waals surface area contributed by atoms with Gasteiger partial charge in [0.15, 0.2) is 6.29 Å². The van der Waals surface area contributed by atoms with E-state index < -0.39 is 0 Å². The first-order valence-corrected chi connectivity index (χ1v) is 4.74. The van der Waals surface area contributed by atoms with Crippen LogP contribution in [0.3, 0.4) is 0 Å². The third kappa shape index (κ3) is 3.70. The van der Waals surface area contributed by atoms with Gasteiger partial charge in [0.05, 0.1) is 0 Å². The molecule has 0 radical (unpaired) electrons. The minimum Gasteiger partial charge on any atom is -0.465 e. The van der Waals surface area contributed by atoms with Crippen molar-refractivity contribution in [3.05, 3.63) is 24.3 Å². The second-order valence-electron chi connectivity index (χ2n) is 2.63. The van der Waals surface area contributed by atoms with Crippen LogP contribution in [0.1, 0.15) is 13.8 Å². The molecule has 0 amide bonds. The lowest BCUT2D eigenvalue weighted by Gasteiger charge is -2.13. The fourth-order valence-corrected chi connectivity index (χ4v) is 1.13. The first-order valence-electron chi connectivity index (χ1n) is 4.29. The molecule has 72 valence electrons. The third-order valence-corrected chi connectivity index (χ3v) is 1.84. The van der Waals surface area contributed by atoms with Gasteiger partial charge in [0.2, 0.25) is 0 Å². The SMILES string of the molecule is CCOC(C)Oc1ccc(S)cc1. The number of ether oxygens (including phenoxy) is 2. The maximum absolute atomic E-state index is 5.45. The molecule has 0 heterocycles. The van der Waals surface area contributed by atoms with Crippen molar-refractivity contribution in [3.63, 3.8) is 0 Å².